The van der Waals surface area contributed by atoms with Gasteiger partial charge >= 0.3 is 5.97 Å². The van der Waals surface area contributed by atoms with Gasteiger partial charge in [0.05, 0.1) is 35.1 Å². The highest BCUT2D eigenvalue weighted by Gasteiger charge is 2.33. The van der Waals surface area contributed by atoms with Crippen LogP contribution in [-0.2, 0) is 16.1 Å². The highest BCUT2D eigenvalue weighted by molar-refractivity contribution is 14.1. The predicted molar refractivity (Wildman–Crippen MR) is 179 cm³/mol. The van der Waals surface area contributed by atoms with Gasteiger partial charge in [-0.15, -0.1) is 0 Å². The number of hydrogen-bond donors (Lipinski definition) is 0. The van der Waals surface area contributed by atoms with Gasteiger partial charge in [-0.25, -0.2) is 9.79 Å². The first-order valence-corrected chi connectivity index (χ1v) is 16.1. The summed E-state index contributed by atoms with van der Waals surface area (Å²) in [7, 11) is 0. The molecule has 0 amide bonds. The number of esters is 1. The molecule has 4 aromatic rings. The number of ether oxygens (including phenoxy) is 2. The Balaban J connectivity index is 1.56. The van der Waals surface area contributed by atoms with E-state index in [-0.39, 0.29) is 11.7 Å². The van der Waals surface area contributed by atoms with Crippen molar-refractivity contribution in [2.45, 2.75) is 39.5 Å². The Labute approximate surface area is 273 Å². The van der Waals surface area contributed by atoms with Gasteiger partial charge in [-0.2, -0.15) is 0 Å². The molecule has 0 N–H and O–H groups in total. The summed E-state index contributed by atoms with van der Waals surface area (Å²) < 4.78 is 15.7. The molecule has 2 heterocycles. The van der Waals surface area contributed by atoms with Crippen LogP contribution in [-0.4, -0.2) is 16.6 Å². The molecule has 0 radical (unpaired) electrons. The van der Waals surface area contributed by atoms with Gasteiger partial charge in [-0.3, -0.25) is 9.36 Å². The number of carbonyl (C=O) groups excluding carboxylic acids is 1. The van der Waals surface area contributed by atoms with Crippen LogP contribution >= 0.6 is 68.1 Å². The molecule has 1 aliphatic rings. The van der Waals surface area contributed by atoms with Crippen molar-refractivity contribution in [2.24, 2.45) is 4.99 Å². The van der Waals surface area contributed by atoms with E-state index >= 15 is 0 Å². The average molecular weight is 811 g/mol. The number of hydrogen-bond acceptors (Lipinski definition) is 6. The monoisotopic (exact) mass is 810 g/mol. The number of thiazole rings is 1. The fraction of sp³-hybridized carbons (Fsp3) is 0.194. The maximum atomic E-state index is 13.9. The highest BCUT2D eigenvalue weighted by Crippen LogP contribution is 2.32. The van der Waals surface area contributed by atoms with Crippen molar-refractivity contribution in [2.75, 3.05) is 0 Å². The summed E-state index contributed by atoms with van der Waals surface area (Å²) in [4.78, 5) is 32.3. The normalized spacial score (nSPS) is 15.1. The highest BCUT2D eigenvalue weighted by atomic mass is 127. The molecule has 41 heavy (non-hydrogen) atoms. The molecule has 0 bridgehead atoms. The second kappa shape index (κ2) is 12.8. The van der Waals surface area contributed by atoms with Crippen molar-refractivity contribution in [3.8, 4) is 5.75 Å². The number of benzene rings is 3. The lowest BCUT2D eigenvalue weighted by Crippen LogP contribution is -2.40. The van der Waals surface area contributed by atoms with E-state index in [9.17, 15) is 9.59 Å². The van der Waals surface area contributed by atoms with Crippen molar-refractivity contribution < 1.29 is 14.3 Å². The Morgan fingerprint density at radius 3 is 2.39 bits per heavy atom. The summed E-state index contributed by atoms with van der Waals surface area (Å²) in [5, 5.41) is 0.563. The van der Waals surface area contributed by atoms with Crippen LogP contribution in [0, 0.1) is 7.14 Å². The molecule has 0 aliphatic carbocycles. The second-order valence-corrected chi connectivity index (χ2v) is 13.4. The van der Waals surface area contributed by atoms with Gasteiger partial charge in [0.15, 0.2) is 4.80 Å². The van der Waals surface area contributed by atoms with E-state index < -0.39 is 12.0 Å². The van der Waals surface area contributed by atoms with Gasteiger partial charge in [-0.1, -0.05) is 65.4 Å². The molecular formula is C31H25ClI2N2O4S. The average Bonchev–Trinajstić information content (AvgIpc) is 3.22. The number of halogens is 3. The summed E-state index contributed by atoms with van der Waals surface area (Å²) >= 11 is 12.0. The zero-order valence-electron chi connectivity index (χ0n) is 22.4. The van der Waals surface area contributed by atoms with Gasteiger partial charge in [0, 0.05) is 5.02 Å². The van der Waals surface area contributed by atoms with E-state index in [0.717, 1.165) is 29.6 Å². The molecule has 0 saturated heterocycles. The SMILES string of the molecule is CC1=C(C(=O)OC(C)C)C(c2ccc(Cl)cc2)n2c(s/c(=C\c3cc(I)c(OCc4ccccc4)c(I)c3)c2=O)=N1. The third kappa shape index (κ3) is 6.63. The second-order valence-electron chi connectivity index (χ2n) is 9.68. The van der Waals surface area contributed by atoms with Crippen LogP contribution in [0.4, 0.5) is 0 Å². The molecule has 3 aromatic carbocycles. The topological polar surface area (TPSA) is 69.9 Å². The van der Waals surface area contributed by atoms with Crippen molar-refractivity contribution in [1.29, 1.82) is 0 Å². The van der Waals surface area contributed by atoms with Gasteiger partial charge in [0.1, 0.15) is 12.4 Å². The Kier molecular flexibility index (Phi) is 9.37. The molecule has 0 fully saturated rings. The zero-order chi connectivity index (χ0) is 29.3. The number of rotatable bonds is 7. The van der Waals surface area contributed by atoms with Gasteiger partial charge in [0.25, 0.3) is 5.56 Å². The molecular weight excluding hydrogens is 786 g/mol. The largest absolute Gasteiger partial charge is 0.487 e. The molecule has 210 valence electrons. The standard InChI is InChI=1S/C31H25ClI2N2O4S/c1-17(2)40-30(38)26-18(3)35-31-36(27(26)21-9-11-22(32)12-10-21)29(37)25(41-31)15-20-13-23(33)28(24(34)14-20)39-16-19-7-5-4-6-8-19/h4-15,17,27H,16H2,1-3H3/b25-15-. The van der Waals surface area contributed by atoms with Crippen molar-refractivity contribution in [3.05, 3.63) is 127 Å². The smallest absolute Gasteiger partial charge is 0.338 e. The molecule has 0 spiro atoms. The van der Waals surface area contributed by atoms with Crippen molar-refractivity contribution in [3.63, 3.8) is 0 Å². The van der Waals surface area contributed by atoms with E-state index in [1.54, 1.807) is 37.5 Å². The lowest BCUT2D eigenvalue weighted by atomic mass is 9.96. The summed E-state index contributed by atoms with van der Waals surface area (Å²) in [6.07, 6.45) is 1.54. The molecule has 1 unspecified atom stereocenters. The summed E-state index contributed by atoms with van der Waals surface area (Å²) in [6, 6.07) is 20.5. The predicted octanol–water partition coefficient (Wildman–Crippen LogP) is 6.63. The Hall–Kier alpha value is -2.48. The van der Waals surface area contributed by atoms with Crippen molar-refractivity contribution in [1.82, 2.24) is 4.57 Å². The molecule has 6 nitrogen and oxygen atoms in total. The van der Waals surface area contributed by atoms with Gasteiger partial charge in [0.2, 0.25) is 0 Å². The third-order valence-electron chi connectivity index (χ3n) is 6.31. The fourth-order valence-corrected chi connectivity index (χ4v) is 7.80. The number of fused-ring (bicyclic) bond motifs is 1. The number of carbonyl (C=O) groups is 1. The maximum absolute atomic E-state index is 13.9. The molecule has 5 rings (SSSR count). The zero-order valence-corrected chi connectivity index (χ0v) is 28.2. The minimum absolute atomic E-state index is 0.231. The fourth-order valence-electron chi connectivity index (χ4n) is 4.50. The van der Waals surface area contributed by atoms with Gasteiger partial charge in [-0.05, 0) is 113 Å². The molecule has 1 aromatic heterocycles. The summed E-state index contributed by atoms with van der Waals surface area (Å²) in [6.45, 7) is 5.83. The lowest BCUT2D eigenvalue weighted by Gasteiger charge is -2.25. The number of aromatic nitrogens is 1. The van der Waals surface area contributed by atoms with E-state index in [1.807, 2.05) is 60.7 Å². The Bertz CT molecular complexity index is 1810. The minimum atomic E-state index is -0.689. The lowest BCUT2D eigenvalue weighted by molar-refractivity contribution is -0.143. The molecule has 1 atom stereocenters. The Morgan fingerprint density at radius 2 is 1.76 bits per heavy atom. The van der Waals surface area contributed by atoms with Crippen LogP contribution < -0.4 is 19.6 Å². The van der Waals surface area contributed by atoms with Crippen LogP contribution in [0.25, 0.3) is 6.08 Å². The van der Waals surface area contributed by atoms with E-state index in [2.05, 4.69) is 50.2 Å². The van der Waals surface area contributed by atoms with Crippen LogP contribution in [0.2, 0.25) is 5.02 Å². The van der Waals surface area contributed by atoms with Crippen LogP contribution in [0.5, 0.6) is 5.75 Å². The first-order valence-electron chi connectivity index (χ1n) is 12.8. The van der Waals surface area contributed by atoms with Crippen LogP contribution in [0.1, 0.15) is 43.5 Å². The molecule has 1 aliphatic heterocycles. The quantitative estimate of drug-likeness (QED) is 0.156. The molecule has 10 heteroatoms. The summed E-state index contributed by atoms with van der Waals surface area (Å²) in [5.74, 6) is 0.311. The first-order chi connectivity index (χ1) is 19.6. The van der Waals surface area contributed by atoms with E-state index in [4.69, 9.17) is 21.1 Å². The molecule has 0 saturated carbocycles. The number of nitrogens with zero attached hydrogens (tertiary/aromatic N) is 2. The van der Waals surface area contributed by atoms with E-state index in [0.29, 0.717) is 32.2 Å². The van der Waals surface area contributed by atoms with Crippen molar-refractivity contribution >= 4 is 80.2 Å². The van der Waals surface area contributed by atoms with Crippen LogP contribution in [0.3, 0.4) is 0 Å². The number of allylic oxidation sites excluding steroid dienone is 1. The minimum Gasteiger partial charge on any atom is -0.487 e. The Morgan fingerprint density at radius 1 is 1.10 bits per heavy atom. The van der Waals surface area contributed by atoms with Gasteiger partial charge < -0.3 is 9.47 Å². The first kappa shape index (κ1) is 30.0. The van der Waals surface area contributed by atoms with Crippen LogP contribution in [0.15, 0.2) is 87.8 Å². The summed E-state index contributed by atoms with van der Waals surface area (Å²) in [5.41, 5.74) is 3.33. The third-order valence-corrected chi connectivity index (χ3v) is 9.15. The maximum Gasteiger partial charge on any atom is 0.338 e. The van der Waals surface area contributed by atoms with E-state index in [1.165, 1.54) is 11.3 Å².